The first-order chi connectivity index (χ1) is 14.3. The average molecular weight is 417 g/mol. The minimum atomic E-state index is -0.0486. The molecule has 10 atom stereocenters. The van der Waals surface area contributed by atoms with Gasteiger partial charge in [0.25, 0.3) is 0 Å². The van der Waals surface area contributed by atoms with Crippen LogP contribution < -0.4 is 0 Å². The number of rotatable bonds is 4. The lowest BCUT2D eigenvalue weighted by molar-refractivity contribution is -0.124. The normalized spacial score (nSPS) is 50.9. The highest BCUT2D eigenvalue weighted by atomic mass is 16.5. The Kier molecular flexibility index (Phi) is 5.33. The van der Waals surface area contributed by atoms with Crippen LogP contribution in [0.4, 0.5) is 0 Å². The molecular weight excluding hydrogens is 372 g/mol. The van der Waals surface area contributed by atoms with Crippen LogP contribution in [0.2, 0.25) is 0 Å². The second kappa shape index (κ2) is 7.51. The molecule has 4 fully saturated rings. The molecular formula is C27H44O3. The summed E-state index contributed by atoms with van der Waals surface area (Å²) in [7, 11) is 0. The molecule has 1 heterocycles. The van der Waals surface area contributed by atoms with Gasteiger partial charge in [-0.1, -0.05) is 20.8 Å². The minimum Gasteiger partial charge on any atom is -0.494 e. The summed E-state index contributed by atoms with van der Waals surface area (Å²) in [6, 6.07) is 0. The van der Waals surface area contributed by atoms with E-state index in [2.05, 4.69) is 27.7 Å². The van der Waals surface area contributed by atoms with E-state index >= 15 is 0 Å². The van der Waals surface area contributed by atoms with Gasteiger partial charge in [-0.25, -0.2) is 0 Å². The van der Waals surface area contributed by atoms with E-state index < -0.39 is 0 Å². The third kappa shape index (κ3) is 3.04. The minimum absolute atomic E-state index is 0.0486. The molecule has 3 nitrogen and oxygen atoms in total. The zero-order valence-electron chi connectivity index (χ0n) is 19.7. The molecule has 4 saturated carbocycles. The molecule has 5 aliphatic rings. The molecule has 0 saturated heterocycles. The maximum Gasteiger partial charge on any atom is 0.106 e. The standard InChI is InChI=1S/C27H44O3/c1-16(15-28)5-8-23-17(2)25-24(30-23)14-22-20-7-6-18-13-19(29)9-11-26(18,3)21(20)10-12-27(22,25)4/h16,18-22,24-25,28-29H,5-15H2,1-4H3/t16-,18+,19+,20+,21-,22+,24-,25-,26+,27-/m1/s1. The molecule has 0 spiro atoms. The first-order valence-electron chi connectivity index (χ1n) is 12.9. The summed E-state index contributed by atoms with van der Waals surface area (Å²) in [5.74, 6) is 5.49. The van der Waals surface area contributed by atoms with Crippen LogP contribution in [-0.4, -0.2) is 29.0 Å². The lowest BCUT2D eigenvalue weighted by Crippen LogP contribution is -2.54. The van der Waals surface area contributed by atoms with Crippen molar-refractivity contribution in [1.29, 1.82) is 0 Å². The van der Waals surface area contributed by atoms with Crippen molar-refractivity contribution in [2.45, 2.75) is 104 Å². The molecule has 0 aromatic carbocycles. The predicted molar refractivity (Wildman–Crippen MR) is 120 cm³/mol. The van der Waals surface area contributed by atoms with Gasteiger partial charge in [-0.2, -0.15) is 0 Å². The number of allylic oxidation sites excluding steroid dienone is 1. The molecule has 2 N–H and O–H groups in total. The Morgan fingerprint density at radius 2 is 1.80 bits per heavy atom. The Morgan fingerprint density at radius 3 is 2.57 bits per heavy atom. The van der Waals surface area contributed by atoms with Gasteiger partial charge in [0.2, 0.25) is 0 Å². The van der Waals surface area contributed by atoms with Crippen LogP contribution in [0.1, 0.15) is 91.9 Å². The largest absolute Gasteiger partial charge is 0.494 e. The summed E-state index contributed by atoms with van der Waals surface area (Å²) in [5.41, 5.74) is 2.39. The summed E-state index contributed by atoms with van der Waals surface area (Å²) in [5, 5.41) is 19.7. The lowest BCUT2D eigenvalue weighted by atomic mass is 9.44. The quantitative estimate of drug-likeness (QED) is 0.618. The highest BCUT2D eigenvalue weighted by Gasteiger charge is 2.64. The predicted octanol–water partition coefficient (Wildman–Crippen LogP) is 5.70. The van der Waals surface area contributed by atoms with Gasteiger partial charge in [0.05, 0.1) is 11.9 Å². The number of aliphatic hydroxyl groups is 2. The van der Waals surface area contributed by atoms with Crippen molar-refractivity contribution >= 4 is 0 Å². The maximum absolute atomic E-state index is 10.3. The molecule has 0 amide bonds. The van der Waals surface area contributed by atoms with E-state index in [0.29, 0.717) is 28.8 Å². The van der Waals surface area contributed by atoms with Crippen LogP contribution >= 0.6 is 0 Å². The first-order valence-corrected chi connectivity index (χ1v) is 12.9. The molecule has 1 aliphatic heterocycles. The molecule has 30 heavy (non-hydrogen) atoms. The van der Waals surface area contributed by atoms with Gasteiger partial charge in [0.1, 0.15) is 6.10 Å². The molecule has 3 heteroatoms. The molecule has 4 aliphatic carbocycles. The van der Waals surface area contributed by atoms with E-state index in [4.69, 9.17) is 4.74 Å². The highest BCUT2D eigenvalue weighted by Crippen LogP contribution is 2.69. The molecule has 0 radical (unpaired) electrons. The van der Waals surface area contributed by atoms with Crippen molar-refractivity contribution < 1.29 is 14.9 Å². The van der Waals surface area contributed by atoms with Crippen LogP contribution in [0.25, 0.3) is 0 Å². The van der Waals surface area contributed by atoms with Crippen LogP contribution in [0.5, 0.6) is 0 Å². The second-order valence-corrected chi connectivity index (χ2v) is 12.4. The highest BCUT2D eigenvalue weighted by molar-refractivity contribution is 5.26. The zero-order valence-corrected chi connectivity index (χ0v) is 19.7. The molecule has 0 bridgehead atoms. The summed E-state index contributed by atoms with van der Waals surface area (Å²) in [6.07, 6.45) is 12.4. The van der Waals surface area contributed by atoms with E-state index in [1.165, 1.54) is 49.9 Å². The fourth-order valence-electron chi connectivity index (χ4n) is 9.29. The van der Waals surface area contributed by atoms with Gasteiger partial charge in [-0.15, -0.1) is 0 Å². The number of ether oxygens (including phenoxy) is 1. The Hall–Kier alpha value is -0.540. The van der Waals surface area contributed by atoms with Crippen molar-refractivity contribution in [2.24, 2.45) is 46.3 Å². The smallest absolute Gasteiger partial charge is 0.106 e. The van der Waals surface area contributed by atoms with Gasteiger partial charge in [0.15, 0.2) is 0 Å². The number of hydrogen-bond donors (Lipinski definition) is 2. The van der Waals surface area contributed by atoms with Crippen molar-refractivity contribution in [2.75, 3.05) is 6.61 Å². The van der Waals surface area contributed by atoms with Gasteiger partial charge in [-0.05, 0) is 111 Å². The van der Waals surface area contributed by atoms with Crippen molar-refractivity contribution in [3.8, 4) is 0 Å². The molecule has 0 unspecified atom stereocenters. The van der Waals surface area contributed by atoms with E-state index in [-0.39, 0.29) is 12.7 Å². The number of hydrogen-bond acceptors (Lipinski definition) is 3. The summed E-state index contributed by atoms with van der Waals surface area (Å²) in [4.78, 5) is 0. The van der Waals surface area contributed by atoms with Crippen LogP contribution in [0, 0.1) is 46.3 Å². The van der Waals surface area contributed by atoms with Gasteiger partial charge >= 0.3 is 0 Å². The fourth-order valence-corrected chi connectivity index (χ4v) is 9.29. The Bertz CT molecular complexity index is 700. The van der Waals surface area contributed by atoms with Crippen molar-refractivity contribution in [1.82, 2.24) is 0 Å². The molecule has 170 valence electrons. The topological polar surface area (TPSA) is 49.7 Å². The molecule has 5 rings (SSSR count). The fraction of sp³-hybridized carbons (Fsp3) is 0.926. The van der Waals surface area contributed by atoms with E-state index in [1.54, 1.807) is 0 Å². The Morgan fingerprint density at radius 1 is 1.03 bits per heavy atom. The SMILES string of the molecule is CC1=C(CC[C@@H](C)CO)O[C@@H]2C[C@H]3[C@H]4CC[C@H]5C[C@@H](O)CC[C@]5(C)[C@@H]4CC[C@@]3(C)[C@H]12. The van der Waals surface area contributed by atoms with Crippen LogP contribution in [0.3, 0.4) is 0 Å². The third-order valence-electron chi connectivity index (χ3n) is 11.0. The Labute approximate surface area is 183 Å². The summed E-state index contributed by atoms with van der Waals surface area (Å²) in [6.45, 7) is 9.94. The monoisotopic (exact) mass is 416 g/mol. The summed E-state index contributed by atoms with van der Waals surface area (Å²) < 4.78 is 6.64. The van der Waals surface area contributed by atoms with Gasteiger partial charge in [0, 0.05) is 18.9 Å². The van der Waals surface area contributed by atoms with Crippen molar-refractivity contribution in [3.63, 3.8) is 0 Å². The maximum atomic E-state index is 10.3. The zero-order chi connectivity index (χ0) is 21.3. The molecule has 0 aromatic rings. The average Bonchev–Trinajstić information content (AvgIpc) is 3.20. The summed E-state index contributed by atoms with van der Waals surface area (Å²) >= 11 is 0. The van der Waals surface area contributed by atoms with E-state index in [0.717, 1.165) is 49.4 Å². The van der Waals surface area contributed by atoms with Gasteiger partial charge in [-0.3, -0.25) is 0 Å². The van der Waals surface area contributed by atoms with Gasteiger partial charge < -0.3 is 14.9 Å². The first kappa shape index (κ1) is 21.3. The van der Waals surface area contributed by atoms with E-state index in [9.17, 15) is 10.2 Å². The van der Waals surface area contributed by atoms with Crippen molar-refractivity contribution in [3.05, 3.63) is 11.3 Å². The van der Waals surface area contributed by atoms with E-state index in [1.807, 2.05) is 0 Å². The third-order valence-corrected chi connectivity index (χ3v) is 11.0. The van der Waals surface area contributed by atoms with Crippen LogP contribution in [-0.2, 0) is 4.74 Å². The lowest BCUT2D eigenvalue weighted by Gasteiger charge is -2.60. The second-order valence-electron chi connectivity index (χ2n) is 12.4. The Balaban J connectivity index is 1.36. The number of aliphatic hydroxyl groups excluding tert-OH is 2. The molecule has 0 aromatic heterocycles. The number of fused-ring (bicyclic) bond motifs is 7. The van der Waals surface area contributed by atoms with Crippen LogP contribution in [0.15, 0.2) is 11.3 Å².